The van der Waals surface area contributed by atoms with Crippen LogP contribution in [-0.4, -0.2) is 48.7 Å². The van der Waals surface area contributed by atoms with Gasteiger partial charge in [-0.3, -0.25) is 4.79 Å². The lowest BCUT2D eigenvalue weighted by Gasteiger charge is -2.33. The molecule has 0 radical (unpaired) electrons. The van der Waals surface area contributed by atoms with Crippen LogP contribution in [0, 0.1) is 5.92 Å². The number of ether oxygens (including phenoxy) is 1. The number of hydrogen-bond donors (Lipinski definition) is 1. The van der Waals surface area contributed by atoms with Crippen molar-refractivity contribution in [1.82, 2.24) is 15.3 Å². The molecule has 1 saturated heterocycles. The number of fused-ring (bicyclic) bond motifs is 1. The fourth-order valence-corrected chi connectivity index (χ4v) is 4.42. The van der Waals surface area contributed by atoms with Gasteiger partial charge in [0.15, 0.2) is 5.82 Å². The molecule has 1 fully saturated rings. The number of rotatable bonds is 8. The van der Waals surface area contributed by atoms with Crippen molar-refractivity contribution in [2.75, 3.05) is 37.7 Å². The second-order valence-electron chi connectivity index (χ2n) is 8.12. The monoisotopic (exact) mass is 408 g/mol. The van der Waals surface area contributed by atoms with E-state index in [1.54, 1.807) is 0 Å². The van der Waals surface area contributed by atoms with Crippen LogP contribution in [0.1, 0.15) is 43.9 Å². The van der Waals surface area contributed by atoms with Crippen LogP contribution in [0.4, 0.5) is 5.82 Å². The summed E-state index contributed by atoms with van der Waals surface area (Å²) in [6.07, 6.45) is 5.85. The van der Waals surface area contributed by atoms with E-state index >= 15 is 0 Å². The number of piperidine rings is 1. The van der Waals surface area contributed by atoms with Gasteiger partial charge in [-0.2, -0.15) is 0 Å². The van der Waals surface area contributed by atoms with Gasteiger partial charge in [-0.05, 0) is 45.4 Å². The Kier molecular flexibility index (Phi) is 6.95. The summed E-state index contributed by atoms with van der Waals surface area (Å²) < 4.78 is 5.33. The molecule has 4 rings (SSSR count). The largest absolute Gasteiger partial charge is 0.382 e. The number of carbonyl (C=O) groups is 1. The Hall–Kier alpha value is -2.47. The average molecular weight is 409 g/mol. The molecule has 2 heterocycles. The Morgan fingerprint density at radius 1 is 1.17 bits per heavy atom. The van der Waals surface area contributed by atoms with Gasteiger partial charge < -0.3 is 15.0 Å². The first-order valence-corrected chi connectivity index (χ1v) is 11.3. The first-order chi connectivity index (χ1) is 14.8. The maximum Gasteiger partial charge on any atom is 0.223 e. The van der Waals surface area contributed by atoms with E-state index in [4.69, 9.17) is 14.7 Å². The van der Waals surface area contributed by atoms with Crippen molar-refractivity contribution in [2.45, 2.75) is 45.4 Å². The molecule has 1 aliphatic heterocycles. The molecule has 2 aliphatic rings. The number of hydrogen-bond acceptors (Lipinski definition) is 5. The molecule has 6 heteroatoms. The molecule has 1 N–H and O–H groups in total. The van der Waals surface area contributed by atoms with Gasteiger partial charge in [0.05, 0.1) is 0 Å². The molecule has 0 bridgehead atoms. The summed E-state index contributed by atoms with van der Waals surface area (Å²) in [6, 6.07) is 10.2. The predicted octanol–water partition coefficient (Wildman–Crippen LogP) is 3.39. The van der Waals surface area contributed by atoms with Crippen LogP contribution < -0.4 is 10.2 Å². The smallest absolute Gasteiger partial charge is 0.223 e. The molecule has 0 saturated carbocycles. The van der Waals surface area contributed by atoms with Gasteiger partial charge in [-0.1, -0.05) is 30.3 Å². The minimum atomic E-state index is 0.0943. The number of aryl methyl sites for hydroxylation is 1. The van der Waals surface area contributed by atoms with Gasteiger partial charge in [0.1, 0.15) is 5.82 Å². The van der Waals surface area contributed by atoms with Gasteiger partial charge in [0, 0.05) is 55.6 Å². The van der Waals surface area contributed by atoms with Gasteiger partial charge in [0.25, 0.3) is 0 Å². The number of amides is 1. The molecule has 0 atom stereocenters. The highest BCUT2D eigenvalue weighted by atomic mass is 16.5. The normalized spacial score (nSPS) is 16.5. The molecule has 30 heavy (non-hydrogen) atoms. The zero-order valence-electron chi connectivity index (χ0n) is 17.9. The van der Waals surface area contributed by atoms with Crippen molar-refractivity contribution in [2.24, 2.45) is 5.92 Å². The molecule has 1 amide bonds. The van der Waals surface area contributed by atoms with Gasteiger partial charge >= 0.3 is 0 Å². The van der Waals surface area contributed by atoms with Crippen molar-refractivity contribution in [1.29, 1.82) is 0 Å². The van der Waals surface area contributed by atoms with Crippen LogP contribution in [0.3, 0.4) is 0 Å². The Balaban J connectivity index is 1.40. The number of benzene rings is 1. The van der Waals surface area contributed by atoms with Gasteiger partial charge in [0.2, 0.25) is 5.91 Å². The summed E-state index contributed by atoms with van der Waals surface area (Å²) in [6.45, 7) is 5.85. The quantitative estimate of drug-likeness (QED) is 0.678. The molecule has 0 spiro atoms. The highest BCUT2D eigenvalue weighted by Crippen LogP contribution is 2.33. The number of nitrogens with one attached hydrogen (secondary N) is 1. The maximum absolute atomic E-state index is 12.5. The molecule has 1 aliphatic carbocycles. The van der Waals surface area contributed by atoms with Crippen LogP contribution in [0.15, 0.2) is 30.3 Å². The van der Waals surface area contributed by atoms with E-state index < -0.39 is 0 Å². The lowest BCUT2D eigenvalue weighted by atomic mass is 9.95. The molecular weight excluding hydrogens is 376 g/mol. The first kappa shape index (κ1) is 20.8. The molecule has 2 aromatic rings. The first-order valence-electron chi connectivity index (χ1n) is 11.3. The van der Waals surface area contributed by atoms with Crippen LogP contribution in [-0.2, 0) is 22.4 Å². The predicted molar refractivity (Wildman–Crippen MR) is 119 cm³/mol. The van der Waals surface area contributed by atoms with E-state index in [0.717, 1.165) is 75.4 Å². The maximum atomic E-state index is 12.5. The third-order valence-electron chi connectivity index (χ3n) is 6.08. The Morgan fingerprint density at radius 2 is 1.97 bits per heavy atom. The molecule has 0 unspecified atom stereocenters. The van der Waals surface area contributed by atoms with Crippen LogP contribution in [0.2, 0.25) is 0 Å². The lowest BCUT2D eigenvalue weighted by Crippen LogP contribution is -2.41. The highest BCUT2D eigenvalue weighted by molar-refractivity contribution is 5.79. The number of anilines is 1. The highest BCUT2D eigenvalue weighted by Gasteiger charge is 2.29. The van der Waals surface area contributed by atoms with Crippen molar-refractivity contribution in [3.8, 4) is 11.4 Å². The summed E-state index contributed by atoms with van der Waals surface area (Å²) in [5.41, 5.74) is 3.58. The molecule has 6 nitrogen and oxygen atoms in total. The second kappa shape index (κ2) is 10.0. The molecule has 160 valence electrons. The number of carbonyl (C=O) groups excluding carboxylic acids is 1. The van der Waals surface area contributed by atoms with E-state index in [-0.39, 0.29) is 11.8 Å². The minimum Gasteiger partial charge on any atom is -0.382 e. The van der Waals surface area contributed by atoms with E-state index in [9.17, 15) is 4.79 Å². The third-order valence-corrected chi connectivity index (χ3v) is 6.08. The second-order valence-corrected chi connectivity index (χ2v) is 8.12. The molecule has 1 aromatic heterocycles. The summed E-state index contributed by atoms with van der Waals surface area (Å²) in [4.78, 5) is 24.7. The van der Waals surface area contributed by atoms with Crippen LogP contribution in [0.25, 0.3) is 11.4 Å². The summed E-state index contributed by atoms with van der Waals surface area (Å²) in [5.74, 6) is 2.19. The van der Waals surface area contributed by atoms with Gasteiger partial charge in [-0.15, -0.1) is 0 Å². The Labute approximate surface area is 179 Å². The Morgan fingerprint density at radius 3 is 2.73 bits per heavy atom. The van der Waals surface area contributed by atoms with E-state index in [0.29, 0.717) is 13.2 Å². The van der Waals surface area contributed by atoms with E-state index in [1.807, 2.05) is 25.1 Å². The third kappa shape index (κ3) is 4.81. The molecule has 1 aromatic carbocycles. The zero-order chi connectivity index (χ0) is 20.8. The number of nitrogens with zero attached hydrogens (tertiary/aromatic N) is 3. The summed E-state index contributed by atoms with van der Waals surface area (Å²) >= 11 is 0. The SMILES string of the molecule is CCOCCCNC(=O)C1CCN(c2nc(-c3ccccc3)nc3c2CCC3)CC1. The van der Waals surface area contributed by atoms with Crippen molar-refractivity contribution in [3.05, 3.63) is 41.6 Å². The fourth-order valence-electron chi connectivity index (χ4n) is 4.42. The van der Waals surface area contributed by atoms with Gasteiger partial charge in [-0.25, -0.2) is 9.97 Å². The number of aromatic nitrogens is 2. The zero-order valence-corrected chi connectivity index (χ0v) is 17.9. The van der Waals surface area contributed by atoms with E-state index in [1.165, 1.54) is 11.3 Å². The van der Waals surface area contributed by atoms with Crippen LogP contribution in [0.5, 0.6) is 0 Å². The summed E-state index contributed by atoms with van der Waals surface area (Å²) in [7, 11) is 0. The topological polar surface area (TPSA) is 67.3 Å². The molecular formula is C24H32N4O2. The van der Waals surface area contributed by atoms with E-state index in [2.05, 4.69) is 22.3 Å². The standard InChI is InChI=1S/C24H32N4O2/c1-2-30-17-7-14-25-24(29)19-12-15-28(16-13-19)23-20-10-6-11-21(20)26-22(27-23)18-8-4-3-5-9-18/h3-5,8-9,19H,2,6-7,10-17H2,1H3,(H,25,29). The lowest BCUT2D eigenvalue weighted by molar-refractivity contribution is -0.125. The minimum absolute atomic E-state index is 0.0943. The average Bonchev–Trinajstić information content (AvgIpc) is 3.28. The van der Waals surface area contributed by atoms with Crippen LogP contribution >= 0.6 is 0 Å². The summed E-state index contributed by atoms with van der Waals surface area (Å²) in [5, 5.41) is 3.08. The Bertz CT molecular complexity index is 848. The van der Waals surface area contributed by atoms with Crippen molar-refractivity contribution in [3.63, 3.8) is 0 Å². The fraction of sp³-hybridized carbons (Fsp3) is 0.542. The van der Waals surface area contributed by atoms with Crippen molar-refractivity contribution < 1.29 is 9.53 Å². The van der Waals surface area contributed by atoms with Crippen molar-refractivity contribution >= 4 is 11.7 Å².